The molecule has 144 valence electrons. The van der Waals surface area contributed by atoms with Crippen LogP contribution in [0.1, 0.15) is 53.1 Å². The molecule has 0 radical (unpaired) electrons. The van der Waals surface area contributed by atoms with Gasteiger partial charge < -0.3 is 9.67 Å². The van der Waals surface area contributed by atoms with Crippen LogP contribution in [0.25, 0.3) is 0 Å². The quantitative estimate of drug-likeness (QED) is 0.767. The number of nitrogens with zero attached hydrogens (tertiary/aromatic N) is 1. The molecule has 0 unspecified atom stereocenters. The lowest BCUT2D eigenvalue weighted by molar-refractivity contribution is -0.137. The lowest BCUT2D eigenvalue weighted by Gasteiger charge is -2.30. The Morgan fingerprint density at radius 1 is 1.22 bits per heavy atom. The summed E-state index contributed by atoms with van der Waals surface area (Å²) in [5.41, 5.74) is 3.14. The van der Waals surface area contributed by atoms with Crippen LogP contribution in [0, 0.1) is 12.3 Å². The van der Waals surface area contributed by atoms with Crippen molar-refractivity contribution in [3.8, 4) is 0 Å². The summed E-state index contributed by atoms with van der Waals surface area (Å²) >= 11 is 0. The van der Waals surface area contributed by atoms with Crippen molar-refractivity contribution in [3.63, 3.8) is 0 Å². The van der Waals surface area contributed by atoms with Gasteiger partial charge in [-0.3, -0.25) is 9.59 Å². The van der Waals surface area contributed by atoms with Crippen molar-refractivity contribution in [3.05, 3.63) is 52.3 Å². The molecule has 27 heavy (non-hydrogen) atoms. The number of carboxylic acids is 1. The third kappa shape index (κ3) is 3.69. The lowest BCUT2D eigenvalue weighted by Crippen LogP contribution is -2.29. The summed E-state index contributed by atoms with van der Waals surface area (Å²) in [6.07, 6.45) is 1.28. The third-order valence-corrected chi connectivity index (χ3v) is 6.00. The molecule has 0 atom stereocenters. The molecule has 0 aliphatic heterocycles. The number of ketones is 1. The molecule has 0 fully saturated rings. The Labute approximate surface area is 159 Å². The summed E-state index contributed by atoms with van der Waals surface area (Å²) in [7, 11) is -2.75. The predicted octanol–water partition coefficient (Wildman–Crippen LogP) is 2.60. The van der Waals surface area contributed by atoms with Crippen LogP contribution in [0.3, 0.4) is 0 Å². The third-order valence-electron chi connectivity index (χ3n) is 5.17. The fourth-order valence-electron chi connectivity index (χ4n) is 4.00. The van der Waals surface area contributed by atoms with Gasteiger partial charge in [-0.15, -0.1) is 0 Å². The van der Waals surface area contributed by atoms with Crippen LogP contribution in [0.5, 0.6) is 0 Å². The molecular weight excluding hydrogens is 366 g/mol. The van der Waals surface area contributed by atoms with E-state index in [0.717, 1.165) is 11.3 Å². The molecule has 0 bridgehead atoms. The first-order chi connectivity index (χ1) is 12.6. The predicted molar refractivity (Wildman–Crippen MR) is 101 cm³/mol. The van der Waals surface area contributed by atoms with Crippen LogP contribution >= 0.6 is 0 Å². The van der Waals surface area contributed by atoms with Crippen molar-refractivity contribution < 1.29 is 23.1 Å². The van der Waals surface area contributed by atoms with Gasteiger partial charge in [0.05, 0.1) is 4.90 Å². The number of hydrogen-bond acceptors (Lipinski definition) is 4. The smallest absolute Gasteiger partial charge is 0.323 e. The average molecular weight is 389 g/mol. The van der Waals surface area contributed by atoms with Gasteiger partial charge in [0.1, 0.15) is 6.54 Å². The largest absolute Gasteiger partial charge is 0.480 e. The fraction of sp³-hybridized carbons (Fsp3) is 0.400. The fourth-order valence-corrected chi connectivity index (χ4v) is 4.60. The van der Waals surface area contributed by atoms with Gasteiger partial charge in [-0.25, -0.2) is 8.42 Å². The Balaban J connectivity index is 2.19. The number of carbonyl (C=O) groups excluding carboxylic acids is 1. The zero-order valence-electron chi connectivity index (χ0n) is 15.6. The van der Waals surface area contributed by atoms with Gasteiger partial charge in [0.2, 0.25) is 0 Å². The van der Waals surface area contributed by atoms with Crippen molar-refractivity contribution in [1.29, 1.82) is 0 Å². The summed E-state index contributed by atoms with van der Waals surface area (Å²) in [5, 5.41) is 9.32. The van der Waals surface area contributed by atoms with Crippen LogP contribution in [-0.4, -0.2) is 29.8 Å². The van der Waals surface area contributed by atoms with Crippen LogP contribution < -0.4 is 0 Å². The number of hydrogen-bond donors (Lipinski definition) is 2. The number of Topliss-reactive ketones (excluding diaryl/α,β-unsaturated/α-hetero) is 1. The van der Waals surface area contributed by atoms with Gasteiger partial charge >= 0.3 is 5.97 Å². The van der Waals surface area contributed by atoms with Gasteiger partial charge in [-0.1, -0.05) is 32.0 Å². The number of rotatable bonds is 5. The van der Waals surface area contributed by atoms with E-state index in [1.807, 2.05) is 13.8 Å². The first-order valence-corrected chi connectivity index (χ1v) is 9.96. The summed E-state index contributed by atoms with van der Waals surface area (Å²) in [6, 6.07) is 6.70. The molecule has 1 heterocycles. The Morgan fingerprint density at radius 3 is 2.52 bits per heavy atom. The maximum absolute atomic E-state index is 12.9. The minimum atomic E-state index is -2.75. The minimum Gasteiger partial charge on any atom is -0.480 e. The highest BCUT2D eigenvalue weighted by atomic mass is 32.2. The van der Waals surface area contributed by atoms with Crippen LogP contribution in [0.4, 0.5) is 0 Å². The molecule has 1 aliphatic rings. The molecule has 0 saturated carbocycles. The zero-order chi connectivity index (χ0) is 19.9. The number of aromatic nitrogens is 1. The maximum atomic E-state index is 12.9. The molecular formula is C20H23NO5S. The summed E-state index contributed by atoms with van der Waals surface area (Å²) in [6.45, 7) is 5.59. The molecule has 6 nitrogen and oxygen atoms in total. The summed E-state index contributed by atoms with van der Waals surface area (Å²) in [5.74, 6) is -0.978. The highest BCUT2D eigenvalue weighted by Gasteiger charge is 2.37. The molecule has 2 aromatic rings. The van der Waals surface area contributed by atoms with Gasteiger partial charge in [0.15, 0.2) is 16.5 Å². The van der Waals surface area contributed by atoms with Crippen LogP contribution in [0.15, 0.2) is 29.2 Å². The van der Waals surface area contributed by atoms with E-state index >= 15 is 0 Å². The van der Waals surface area contributed by atoms with Crippen LogP contribution in [0.2, 0.25) is 0 Å². The highest BCUT2D eigenvalue weighted by molar-refractivity contribution is 7.72. The van der Waals surface area contributed by atoms with E-state index in [4.69, 9.17) is 0 Å². The summed E-state index contributed by atoms with van der Waals surface area (Å²) in [4.78, 5) is 24.5. The second kappa shape index (κ2) is 6.96. The topological polar surface area (TPSA) is 93.4 Å². The minimum absolute atomic E-state index is 0.00696. The molecule has 0 saturated heterocycles. The van der Waals surface area contributed by atoms with Crippen molar-refractivity contribution in [2.24, 2.45) is 5.41 Å². The van der Waals surface area contributed by atoms with E-state index < -0.39 is 16.7 Å². The molecule has 1 aliphatic carbocycles. The highest BCUT2D eigenvalue weighted by Crippen LogP contribution is 2.39. The molecule has 1 aromatic heterocycles. The van der Waals surface area contributed by atoms with E-state index in [2.05, 4.69) is 0 Å². The zero-order valence-corrected chi connectivity index (χ0v) is 16.5. The van der Waals surface area contributed by atoms with E-state index in [-0.39, 0.29) is 29.1 Å². The molecule has 1 N–H and O–H groups in total. The molecule has 1 aromatic carbocycles. The molecule has 7 heteroatoms. The Hall–Kier alpha value is -2.41. The van der Waals surface area contributed by atoms with Crippen LogP contribution in [-0.2, 0) is 34.9 Å². The normalized spacial score (nSPS) is 15.8. The number of fused-ring (bicyclic) bond motifs is 1. The number of benzene rings is 1. The molecule has 0 spiro atoms. The van der Waals surface area contributed by atoms with Gasteiger partial charge in [-0.2, -0.15) is 0 Å². The van der Waals surface area contributed by atoms with Crippen molar-refractivity contribution in [2.45, 2.75) is 51.5 Å². The SMILES string of the molecule is Cc1c(Cc2ccccc2[SH](=O)=O)c2c(n1CC(=O)O)CC(C)(C)CC2=O. The first kappa shape index (κ1) is 19.4. The number of thiol groups is 1. The van der Waals surface area contributed by atoms with Crippen molar-refractivity contribution >= 4 is 22.5 Å². The van der Waals surface area contributed by atoms with Crippen molar-refractivity contribution in [1.82, 2.24) is 4.57 Å². The van der Waals surface area contributed by atoms with E-state index in [1.165, 1.54) is 0 Å². The summed E-state index contributed by atoms with van der Waals surface area (Å²) < 4.78 is 24.8. The molecule has 0 amide bonds. The second-order valence-corrected chi connectivity index (χ2v) is 8.87. The first-order valence-electron chi connectivity index (χ1n) is 8.79. The number of carboxylic acid groups (broad SMARTS) is 1. The molecule has 3 rings (SSSR count). The van der Waals surface area contributed by atoms with E-state index in [1.54, 1.807) is 35.8 Å². The van der Waals surface area contributed by atoms with E-state index in [0.29, 0.717) is 29.7 Å². The van der Waals surface area contributed by atoms with E-state index in [9.17, 15) is 23.1 Å². The Bertz CT molecular complexity index is 1010. The lowest BCUT2D eigenvalue weighted by atomic mass is 9.75. The standard InChI is InChI=1S/C20H23NO5S/c1-12-14(8-13-6-4-5-7-17(13)27(25)26)19-15(21(12)11-18(23)24)9-20(2,3)10-16(19)22/h4-7,27H,8-11H2,1-3H3,(H,23,24). The maximum Gasteiger partial charge on any atom is 0.323 e. The number of aliphatic carboxylic acids is 1. The van der Waals surface area contributed by atoms with Gasteiger partial charge in [0, 0.05) is 29.8 Å². The second-order valence-electron chi connectivity index (χ2n) is 7.87. The Morgan fingerprint density at radius 2 is 1.89 bits per heavy atom. The van der Waals surface area contributed by atoms with Gasteiger partial charge in [0.25, 0.3) is 0 Å². The van der Waals surface area contributed by atoms with Gasteiger partial charge in [-0.05, 0) is 36.0 Å². The average Bonchev–Trinajstić information content (AvgIpc) is 2.79. The number of carbonyl (C=O) groups is 2. The van der Waals surface area contributed by atoms with Crippen molar-refractivity contribution in [2.75, 3.05) is 0 Å². The Kier molecular flexibility index (Phi) is 4.99. The monoisotopic (exact) mass is 389 g/mol.